The highest BCUT2D eigenvalue weighted by Crippen LogP contribution is 2.59. The number of ether oxygens (including phenoxy) is 1. The lowest BCUT2D eigenvalue weighted by molar-refractivity contribution is -0.123. The Morgan fingerprint density at radius 2 is 2.00 bits per heavy atom. The number of likely N-dealkylation sites (tertiary alicyclic amines) is 1. The molecule has 2 aliphatic rings. The number of fused-ring (bicyclic) bond motifs is 1. The molecule has 5 rings (SSSR count). The molecule has 162 valence electrons. The van der Waals surface area contributed by atoms with Crippen LogP contribution in [0.15, 0.2) is 42.5 Å². The number of rotatable bonds is 7. The molecule has 1 aliphatic carbocycles. The summed E-state index contributed by atoms with van der Waals surface area (Å²) < 4.78 is 14.0. The van der Waals surface area contributed by atoms with Crippen LogP contribution in [0.3, 0.4) is 0 Å². The Morgan fingerprint density at radius 3 is 2.84 bits per heavy atom. The molecule has 1 aliphatic heterocycles. The van der Waals surface area contributed by atoms with Crippen molar-refractivity contribution in [3.05, 3.63) is 53.6 Å². The lowest BCUT2D eigenvalue weighted by atomic mass is 9.90. The van der Waals surface area contributed by atoms with Crippen molar-refractivity contribution in [2.45, 2.75) is 32.2 Å². The van der Waals surface area contributed by atoms with E-state index in [9.17, 15) is 4.79 Å². The number of carbonyl (C=O) groups is 1. The highest BCUT2D eigenvalue weighted by atomic mass is 32.1. The van der Waals surface area contributed by atoms with Gasteiger partial charge in [0.25, 0.3) is 0 Å². The topological polar surface area (TPSA) is 67.3 Å². The fourth-order valence-corrected chi connectivity index (χ4v) is 5.48. The molecule has 1 aromatic heterocycles. The molecule has 0 radical (unpaired) electrons. The summed E-state index contributed by atoms with van der Waals surface area (Å²) in [6.07, 6.45) is 4.05. The van der Waals surface area contributed by atoms with Crippen LogP contribution in [0, 0.1) is 11.3 Å². The van der Waals surface area contributed by atoms with E-state index in [-0.39, 0.29) is 17.2 Å². The summed E-state index contributed by atoms with van der Waals surface area (Å²) in [6, 6.07) is 14.4. The maximum Gasteiger partial charge on any atom is 0.223 e. The van der Waals surface area contributed by atoms with Crippen molar-refractivity contribution in [2.24, 2.45) is 11.3 Å². The zero-order valence-electron chi connectivity index (χ0n) is 17.8. The quantitative estimate of drug-likeness (QED) is 0.612. The average molecular weight is 437 g/mol. The van der Waals surface area contributed by atoms with E-state index >= 15 is 0 Å². The molecule has 6 nitrogen and oxygen atoms in total. The van der Waals surface area contributed by atoms with E-state index in [1.54, 1.807) is 7.11 Å². The van der Waals surface area contributed by atoms with Crippen LogP contribution in [0.2, 0.25) is 0 Å². The number of para-hydroxylation sites is 1. The molecule has 2 fully saturated rings. The van der Waals surface area contributed by atoms with Gasteiger partial charge < -0.3 is 10.1 Å². The maximum atomic E-state index is 12.7. The van der Waals surface area contributed by atoms with Gasteiger partial charge in [-0.3, -0.25) is 9.69 Å². The first-order chi connectivity index (χ1) is 15.2. The predicted molar refractivity (Wildman–Crippen MR) is 122 cm³/mol. The van der Waals surface area contributed by atoms with Gasteiger partial charge in [-0.25, -0.2) is 0 Å². The number of methoxy groups -OCH3 is 1. The van der Waals surface area contributed by atoms with Gasteiger partial charge >= 0.3 is 0 Å². The van der Waals surface area contributed by atoms with Gasteiger partial charge in [-0.05, 0) is 73.5 Å². The highest BCUT2D eigenvalue weighted by Gasteiger charge is 2.58. The lowest BCUT2D eigenvalue weighted by Gasteiger charge is -2.32. The summed E-state index contributed by atoms with van der Waals surface area (Å²) in [5.41, 5.74) is 4.62. The molecule has 1 spiro atoms. The summed E-state index contributed by atoms with van der Waals surface area (Å²) in [5.74, 6) is 1.30. The Bertz CT molecular complexity index is 1070. The van der Waals surface area contributed by atoms with E-state index in [1.165, 1.54) is 17.3 Å². The molecule has 3 aromatic rings. The number of nitrogens with zero attached hydrogens (tertiary/aromatic N) is 3. The number of benzene rings is 2. The summed E-state index contributed by atoms with van der Waals surface area (Å²) in [5, 5.41) is 3.16. The van der Waals surface area contributed by atoms with Crippen molar-refractivity contribution < 1.29 is 9.53 Å². The first kappa shape index (κ1) is 20.4. The molecule has 1 saturated carbocycles. The molecule has 1 N–H and O–H groups in total. The maximum absolute atomic E-state index is 12.7. The average Bonchev–Trinajstić information content (AvgIpc) is 3.29. The summed E-state index contributed by atoms with van der Waals surface area (Å²) in [7, 11) is 1.69. The minimum atomic E-state index is 0.185. The first-order valence-electron chi connectivity index (χ1n) is 11.0. The molecule has 1 amide bonds. The van der Waals surface area contributed by atoms with Crippen LogP contribution in [0.1, 0.15) is 30.4 Å². The van der Waals surface area contributed by atoms with E-state index in [1.807, 2.05) is 18.2 Å². The van der Waals surface area contributed by atoms with Gasteiger partial charge in [-0.1, -0.05) is 24.3 Å². The number of nitrogens with one attached hydrogen (secondary N) is 1. The fourth-order valence-electron chi connectivity index (χ4n) is 4.96. The second kappa shape index (κ2) is 8.55. The van der Waals surface area contributed by atoms with Crippen molar-refractivity contribution in [1.29, 1.82) is 0 Å². The van der Waals surface area contributed by atoms with Crippen LogP contribution in [0.4, 0.5) is 0 Å². The van der Waals surface area contributed by atoms with Crippen molar-refractivity contribution >= 4 is 28.7 Å². The van der Waals surface area contributed by atoms with Crippen LogP contribution in [-0.2, 0) is 17.8 Å². The molecular formula is C24H28N4O2S. The van der Waals surface area contributed by atoms with Gasteiger partial charge in [-0.2, -0.15) is 8.75 Å². The van der Waals surface area contributed by atoms with Crippen molar-refractivity contribution in [2.75, 3.05) is 26.7 Å². The van der Waals surface area contributed by atoms with Gasteiger partial charge in [-0.15, -0.1) is 0 Å². The van der Waals surface area contributed by atoms with Gasteiger partial charge in [0.15, 0.2) is 0 Å². The number of carbonyl (C=O) groups excluding carboxylic acids is 1. The molecular weight excluding hydrogens is 408 g/mol. The Kier molecular flexibility index (Phi) is 5.63. The van der Waals surface area contributed by atoms with Crippen LogP contribution in [0.5, 0.6) is 5.75 Å². The fraction of sp³-hybridized carbons (Fsp3) is 0.458. The Balaban J connectivity index is 1.08. The third kappa shape index (κ3) is 4.29. The van der Waals surface area contributed by atoms with E-state index in [0.29, 0.717) is 6.54 Å². The largest absolute Gasteiger partial charge is 0.496 e. The van der Waals surface area contributed by atoms with Crippen LogP contribution >= 0.6 is 11.7 Å². The standard InChI is InChI=1S/C24H28N4O2S/c1-30-22-5-3-2-4-18(22)8-11-25-23(29)19-15-24(19)9-12-28(13-10-24)16-17-6-7-20-21(14-17)27-31-26-20/h2-7,14,19H,8-13,15-16H2,1H3,(H,25,29)/t19-/m1/s1. The van der Waals surface area contributed by atoms with Crippen LogP contribution < -0.4 is 10.1 Å². The number of piperidine rings is 1. The third-order valence-corrected chi connectivity index (χ3v) is 7.53. The second-order valence-corrected chi connectivity index (χ2v) is 9.36. The predicted octanol–water partition coefficient (Wildman–Crippen LogP) is 3.66. The highest BCUT2D eigenvalue weighted by molar-refractivity contribution is 7.00. The third-order valence-electron chi connectivity index (χ3n) is 6.97. The van der Waals surface area contributed by atoms with Gasteiger partial charge in [0.05, 0.1) is 18.8 Å². The molecule has 2 heterocycles. The monoisotopic (exact) mass is 436 g/mol. The first-order valence-corrected chi connectivity index (χ1v) is 11.7. The van der Waals surface area contributed by atoms with Gasteiger partial charge in [0.1, 0.15) is 16.8 Å². The van der Waals surface area contributed by atoms with Crippen LogP contribution in [0.25, 0.3) is 11.0 Å². The molecule has 31 heavy (non-hydrogen) atoms. The number of hydrogen-bond donors (Lipinski definition) is 1. The van der Waals surface area contributed by atoms with Gasteiger partial charge in [0, 0.05) is 19.0 Å². The zero-order valence-corrected chi connectivity index (χ0v) is 18.7. The zero-order chi connectivity index (χ0) is 21.3. The summed E-state index contributed by atoms with van der Waals surface area (Å²) in [6.45, 7) is 3.71. The van der Waals surface area contributed by atoms with E-state index in [0.717, 1.165) is 67.7 Å². The minimum Gasteiger partial charge on any atom is -0.496 e. The van der Waals surface area contributed by atoms with Crippen molar-refractivity contribution in [3.63, 3.8) is 0 Å². The number of aromatic nitrogens is 2. The molecule has 0 unspecified atom stereocenters. The summed E-state index contributed by atoms with van der Waals surface area (Å²) in [4.78, 5) is 15.2. The normalized spacial score (nSPS) is 20.1. The van der Waals surface area contributed by atoms with Gasteiger partial charge in [0.2, 0.25) is 5.91 Å². The van der Waals surface area contributed by atoms with Crippen molar-refractivity contribution in [1.82, 2.24) is 19.0 Å². The molecule has 7 heteroatoms. The summed E-state index contributed by atoms with van der Waals surface area (Å²) >= 11 is 1.27. The van der Waals surface area contributed by atoms with E-state index < -0.39 is 0 Å². The number of amides is 1. The SMILES string of the molecule is COc1ccccc1CCNC(=O)[C@H]1CC12CCN(Cc1ccc3nsnc3c1)CC2. The Labute approximate surface area is 186 Å². The lowest BCUT2D eigenvalue weighted by Crippen LogP contribution is -2.37. The smallest absolute Gasteiger partial charge is 0.223 e. The molecule has 1 saturated heterocycles. The Morgan fingerprint density at radius 1 is 1.19 bits per heavy atom. The molecule has 0 bridgehead atoms. The second-order valence-electron chi connectivity index (χ2n) is 8.84. The molecule has 2 aromatic carbocycles. The minimum absolute atomic E-state index is 0.185. The molecule has 1 atom stereocenters. The van der Waals surface area contributed by atoms with E-state index in [4.69, 9.17) is 4.74 Å². The Hall–Kier alpha value is -2.51. The van der Waals surface area contributed by atoms with Crippen LogP contribution in [-0.4, -0.2) is 46.3 Å². The number of hydrogen-bond acceptors (Lipinski definition) is 6. The van der Waals surface area contributed by atoms with E-state index in [2.05, 4.69) is 43.2 Å². The van der Waals surface area contributed by atoms with Crippen molar-refractivity contribution in [3.8, 4) is 5.75 Å².